The van der Waals surface area contributed by atoms with E-state index in [1.54, 1.807) is 4.90 Å². The molecule has 2 saturated carbocycles. The van der Waals surface area contributed by atoms with Gasteiger partial charge >= 0.3 is 0 Å². The summed E-state index contributed by atoms with van der Waals surface area (Å²) in [4.78, 5) is 30.1. The van der Waals surface area contributed by atoms with Crippen molar-refractivity contribution in [3.63, 3.8) is 0 Å². The molecule has 2 aliphatic carbocycles. The van der Waals surface area contributed by atoms with Gasteiger partial charge in [-0.15, -0.1) is 0 Å². The number of amides is 2. The van der Waals surface area contributed by atoms with E-state index in [4.69, 9.17) is 0 Å². The lowest BCUT2D eigenvalue weighted by Gasteiger charge is -2.36. The Morgan fingerprint density at radius 3 is 2.04 bits per heavy atom. The number of benzene rings is 1. The molecule has 4 fully saturated rings. The van der Waals surface area contributed by atoms with Crippen molar-refractivity contribution in [2.45, 2.75) is 44.7 Å². The normalized spacial score (nSPS) is 35.6. The minimum Gasteiger partial charge on any atom is -0.299 e. The van der Waals surface area contributed by atoms with E-state index >= 15 is 0 Å². The Morgan fingerprint density at radius 2 is 1.44 bits per heavy atom. The molecule has 4 nitrogen and oxygen atoms in total. The number of hydrogen-bond acceptors (Lipinski definition) is 3. The molecule has 2 saturated heterocycles. The third kappa shape index (κ3) is 2.45. The van der Waals surface area contributed by atoms with Gasteiger partial charge in [-0.05, 0) is 49.5 Å². The van der Waals surface area contributed by atoms with Gasteiger partial charge in [0, 0.05) is 25.7 Å². The van der Waals surface area contributed by atoms with Gasteiger partial charge in [0.25, 0.3) is 0 Å². The number of carbonyl (C=O) groups is 2. The fraction of sp³-hybridized carbons (Fsp3) is 0.619. The molecule has 0 N–H and O–H groups in total. The molecular weight excluding hydrogens is 312 g/mol. The third-order valence-electron chi connectivity index (χ3n) is 7.13. The molecular formula is C21H26N2O2. The highest BCUT2D eigenvalue weighted by Gasteiger charge is 2.61. The van der Waals surface area contributed by atoms with Crippen molar-refractivity contribution in [3.8, 4) is 0 Å². The molecule has 132 valence electrons. The average Bonchev–Trinajstić information content (AvgIpc) is 3.31. The van der Waals surface area contributed by atoms with E-state index < -0.39 is 0 Å². The van der Waals surface area contributed by atoms with Crippen molar-refractivity contribution in [2.24, 2.45) is 23.7 Å². The van der Waals surface area contributed by atoms with Gasteiger partial charge in [-0.1, -0.05) is 30.3 Å². The Labute approximate surface area is 149 Å². The average molecular weight is 338 g/mol. The second-order valence-electron chi connectivity index (χ2n) is 8.42. The topological polar surface area (TPSA) is 40.6 Å². The summed E-state index contributed by atoms with van der Waals surface area (Å²) < 4.78 is 0. The first-order valence-electron chi connectivity index (χ1n) is 9.85. The lowest BCUT2D eigenvalue weighted by Crippen LogP contribution is -2.48. The van der Waals surface area contributed by atoms with Crippen LogP contribution in [0.1, 0.15) is 37.7 Å². The molecule has 2 amide bonds. The van der Waals surface area contributed by atoms with Crippen LogP contribution in [-0.2, 0) is 16.1 Å². The van der Waals surface area contributed by atoms with Crippen LogP contribution in [-0.4, -0.2) is 40.7 Å². The van der Waals surface area contributed by atoms with Crippen LogP contribution in [0.2, 0.25) is 0 Å². The molecule has 1 aromatic carbocycles. The molecule has 4 atom stereocenters. The van der Waals surface area contributed by atoms with Crippen molar-refractivity contribution in [1.29, 1.82) is 0 Å². The van der Waals surface area contributed by atoms with Crippen LogP contribution in [0, 0.1) is 23.7 Å². The second kappa shape index (κ2) is 5.94. The van der Waals surface area contributed by atoms with Crippen molar-refractivity contribution < 1.29 is 9.59 Å². The van der Waals surface area contributed by atoms with Crippen LogP contribution in [0.15, 0.2) is 30.3 Å². The predicted octanol–water partition coefficient (Wildman–Crippen LogP) is 2.68. The molecule has 2 bridgehead atoms. The first-order chi connectivity index (χ1) is 12.2. The first kappa shape index (κ1) is 15.6. The Hall–Kier alpha value is -1.68. The summed E-state index contributed by atoms with van der Waals surface area (Å²) in [5, 5.41) is 0. The number of hydrogen-bond donors (Lipinski definition) is 0. The maximum Gasteiger partial charge on any atom is 0.233 e. The van der Waals surface area contributed by atoms with Gasteiger partial charge in [0.2, 0.25) is 11.8 Å². The van der Waals surface area contributed by atoms with Gasteiger partial charge in [0.05, 0.1) is 11.8 Å². The maximum absolute atomic E-state index is 13.0. The Kier molecular flexibility index (Phi) is 3.70. The van der Waals surface area contributed by atoms with Crippen molar-refractivity contribution >= 4 is 11.8 Å². The van der Waals surface area contributed by atoms with Crippen molar-refractivity contribution in [2.75, 3.05) is 13.1 Å². The van der Waals surface area contributed by atoms with Gasteiger partial charge in [0.1, 0.15) is 0 Å². The van der Waals surface area contributed by atoms with Gasteiger partial charge in [-0.2, -0.15) is 0 Å². The summed E-state index contributed by atoms with van der Waals surface area (Å²) in [5.74, 6) is 1.40. The lowest BCUT2D eigenvalue weighted by molar-refractivity contribution is -0.144. The van der Waals surface area contributed by atoms with Crippen LogP contribution in [0.25, 0.3) is 0 Å². The Balaban J connectivity index is 1.24. The smallest absolute Gasteiger partial charge is 0.233 e. The molecule has 0 spiro atoms. The number of rotatable bonds is 3. The zero-order valence-electron chi connectivity index (χ0n) is 14.6. The zero-order chi connectivity index (χ0) is 17.0. The molecule has 25 heavy (non-hydrogen) atoms. The number of imide groups is 1. The van der Waals surface area contributed by atoms with Crippen LogP contribution < -0.4 is 0 Å². The molecule has 1 aromatic rings. The zero-order valence-corrected chi connectivity index (χ0v) is 14.6. The van der Waals surface area contributed by atoms with Gasteiger partial charge in [-0.3, -0.25) is 19.4 Å². The monoisotopic (exact) mass is 338 g/mol. The summed E-state index contributed by atoms with van der Waals surface area (Å²) in [6.07, 6.45) is 5.30. The Bertz CT molecular complexity index is 652. The fourth-order valence-electron chi connectivity index (χ4n) is 5.97. The summed E-state index contributed by atoms with van der Waals surface area (Å²) in [6.45, 7) is 2.91. The highest BCUT2D eigenvalue weighted by Crippen LogP contribution is 2.56. The quantitative estimate of drug-likeness (QED) is 0.796. The van der Waals surface area contributed by atoms with Gasteiger partial charge < -0.3 is 0 Å². The van der Waals surface area contributed by atoms with E-state index in [2.05, 4.69) is 29.2 Å². The molecule has 4 unspecified atom stereocenters. The minimum atomic E-state index is 0.0357. The predicted molar refractivity (Wildman–Crippen MR) is 94.4 cm³/mol. The molecule has 4 aliphatic rings. The molecule has 2 aliphatic heterocycles. The van der Waals surface area contributed by atoms with E-state index in [0.717, 1.165) is 51.7 Å². The molecule has 4 heteroatoms. The highest BCUT2D eigenvalue weighted by molar-refractivity contribution is 6.06. The van der Waals surface area contributed by atoms with E-state index in [1.807, 2.05) is 6.07 Å². The standard InChI is InChI=1S/C21H26N2O2/c24-20-18-15-6-7-16(12-15)19(18)21(25)23(20)17-8-10-22(11-9-17)13-14-4-2-1-3-5-14/h1-5,15-19H,6-13H2. The molecule has 0 aromatic heterocycles. The summed E-state index contributed by atoms with van der Waals surface area (Å²) in [5.41, 5.74) is 1.33. The van der Waals surface area contributed by atoms with Crippen LogP contribution in [0.3, 0.4) is 0 Å². The summed E-state index contributed by atoms with van der Waals surface area (Å²) >= 11 is 0. The van der Waals surface area contributed by atoms with E-state index in [1.165, 1.54) is 5.56 Å². The minimum absolute atomic E-state index is 0.0357. The van der Waals surface area contributed by atoms with E-state index in [9.17, 15) is 9.59 Å². The number of likely N-dealkylation sites (tertiary alicyclic amines) is 2. The van der Waals surface area contributed by atoms with E-state index in [-0.39, 0.29) is 29.7 Å². The SMILES string of the molecule is O=C1C2C3CCC(C3)C2C(=O)N1C1CCN(Cc2ccccc2)CC1. The summed E-state index contributed by atoms with van der Waals surface area (Å²) in [6, 6.07) is 10.7. The number of piperidine rings is 1. The first-order valence-corrected chi connectivity index (χ1v) is 9.85. The van der Waals surface area contributed by atoms with Gasteiger partial charge in [-0.25, -0.2) is 0 Å². The molecule has 0 radical (unpaired) electrons. The van der Waals surface area contributed by atoms with Crippen molar-refractivity contribution in [3.05, 3.63) is 35.9 Å². The molecule has 2 heterocycles. The van der Waals surface area contributed by atoms with Crippen LogP contribution >= 0.6 is 0 Å². The fourth-order valence-corrected chi connectivity index (χ4v) is 5.97. The van der Waals surface area contributed by atoms with Crippen LogP contribution in [0.5, 0.6) is 0 Å². The number of carbonyl (C=O) groups excluding carboxylic acids is 2. The number of fused-ring (bicyclic) bond motifs is 5. The lowest BCUT2D eigenvalue weighted by atomic mass is 9.81. The Morgan fingerprint density at radius 1 is 0.840 bits per heavy atom. The molecule has 5 rings (SSSR count). The van der Waals surface area contributed by atoms with Gasteiger partial charge in [0.15, 0.2) is 0 Å². The summed E-state index contributed by atoms with van der Waals surface area (Å²) in [7, 11) is 0. The van der Waals surface area contributed by atoms with Crippen LogP contribution in [0.4, 0.5) is 0 Å². The number of nitrogens with zero attached hydrogens (tertiary/aromatic N) is 2. The largest absolute Gasteiger partial charge is 0.299 e. The van der Waals surface area contributed by atoms with Crippen molar-refractivity contribution in [1.82, 2.24) is 9.80 Å². The third-order valence-corrected chi connectivity index (χ3v) is 7.13. The highest BCUT2D eigenvalue weighted by atomic mass is 16.2. The second-order valence-corrected chi connectivity index (χ2v) is 8.42. The van der Waals surface area contributed by atoms with E-state index in [0.29, 0.717) is 11.8 Å². The maximum atomic E-state index is 13.0.